The van der Waals surface area contributed by atoms with Crippen LogP contribution in [0.15, 0.2) is 91.4 Å². The Labute approximate surface area is 180 Å². The Bertz CT molecular complexity index is 1420. The number of nitrogens with one attached hydrogen (secondary N) is 1. The van der Waals surface area contributed by atoms with Crippen molar-refractivity contribution in [2.24, 2.45) is 0 Å². The monoisotopic (exact) mass is 401 g/mol. The fourth-order valence-electron chi connectivity index (χ4n) is 3.38. The standard InChI is InChI=1S/C26H19N5/c1-19-7-5-12-23(28-19)14-13-20-8-6-9-21(17-20)25-26(29-22-10-3-2-4-11-22)31-16-15-27-18-24(31)30-25/h2-12,15-18,29H,1H3. The highest BCUT2D eigenvalue weighted by molar-refractivity contribution is 5.80. The Hall–Kier alpha value is -4.43. The van der Waals surface area contributed by atoms with Crippen LogP contribution in [0.2, 0.25) is 0 Å². The summed E-state index contributed by atoms with van der Waals surface area (Å²) in [6.45, 7) is 1.96. The van der Waals surface area contributed by atoms with E-state index in [4.69, 9.17) is 4.98 Å². The summed E-state index contributed by atoms with van der Waals surface area (Å²) in [5.41, 5.74) is 6.20. The van der Waals surface area contributed by atoms with Crippen LogP contribution in [0.25, 0.3) is 16.9 Å². The minimum atomic E-state index is 0.760. The average Bonchev–Trinajstić information content (AvgIpc) is 3.17. The topological polar surface area (TPSA) is 55.1 Å². The fourth-order valence-corrected chi connectivity index (χ4v) is 3.38. The van der Waals surface area contributed by atoms with Crippen molar-refractivity contribution in [1.82, 2.24) is 19.4 Å². The van der Waals surface area contributed by atoms with Crippen molar-refractivity contribution in [2.75, 3.05) is 5.32 Å². The second-order valence-electron chi connectivity index (χ2n) is 7.10. The first-order valence-electron chi connectivity index (χ1n) is 9.96. The summed E-state index contributed by atoms with van der Waals surface area (Å²) < 4.78 is 2.00. The van der Waals surface area contributed by atoms with Crippen molar-refractivity contribution in [3.05, 3.63) is 108 Å². The van der Waals surface area contributed by atoms with Gasteiger partial charge in [-0.25, -0.2) is 9.97 Å². The maximum Gasteiger partial charge on any atom is 0.157 e. The van der Waals surface area contributed by atoms with Crippen LogP contribution in [0.1, 0.15) is 17.0 Å². The van der Waals surface area contributed by atoms with Crippen LogP contribution in [-0.4, -0.2) is 19.4 Å². The number of para-hydroxylation sites is 1. The maximum absolute atomic E-state index is 4.83. The van der Waals surface area contributed by atoms with Gasteiger partial charge in [0.25, 0.3) is 0 Å². The van der Waals surface area contributed by atoms with Crippen LogP contribution < -0.4 is 5.32 Å². The first-order chi connectivity index (χ1) is 15.3. The van der Waals surface area contributed by atoms with E-state index in [0.717, 1.165) is 45.4 Å². The third-order valence-corrected chi connectivity index (χ3v) is 4.83. The summed E-state index contributed by atoms with van der Waals surface area (Å²) in [6.07, 6.45) is 5.42. The van der Waals surface area contributed by atoms with Gasteiger partial charge in [-0.15, -0.1) is 0 Å². The molecule has 5 aromatic rings. The molecule has 31 heavy (non-hydrogen) atoms. The number of aryl methyl sites for hydroxylation is 1. The zero-order valence-corrected chi connectivity index (χ0v) is 16.9. The summed E-state index contributed by atoms with van der Waals surface area (Å²) in [5.74, 6) is 7.25. The molecule has 0 unspecified atom stereocenters. The Kier molecular flexibility index (Phi) is 4.88. The van der Waals surface area contributed by atoms with Crippen molar-refractivity contribution < 1.29 is 0 Å². The first-order valence-corrected chi connectivity index (χ1v) is 9.96. The van der Waals surface area contributed by atoms with Crippen molar-refractivity contribution in [2.45, 2.75) is 6.92 Å². The molecule has 0 aliphatic rings. The van der Waals surface area contributed by atoms with Gasteiger partial charge in [0, 0.05) is 34.9 Å². The van der Waals surface area contributed by atoms with Crippen molar-refractivity contribution >= 4 is 17.2 Å². The second kappa shape index (κ2) is 8.13. The van der Waals surface area contributed by atoms with Crippen LogP contribution in [0.3, 0.4) is 0 Å². The molecule has 0 aliphatic carbocycles. The molecule has 3 aromatic heterocycles. The Morgan fingerprint density at radius 1 is 0.871 bits per heavy atom. The van der Waals surface area contributed by atoms with Crippen LogP contribution in [-0.2, 0) is 0 Å². The molecular weight excluding hydrogens is 382 g/mol. The molecule has 0 fully saturated rings. The quantitative estimate of drug-likeness (QED) is 0.420. The van der Waals surface area contributed by atoms with E-state index >= 15 is 0 Å². The summed E-state index contributed by atoms with van der Waals surface area (Å²) in [5, 5.41) is 3.50. The van der Waals surface area contributed by atoms with Gasteiger partial charge in [0.2, 0.25) is 0 Å². The number of fused-ring (bicyclic) bond motifs is 1. The van der Waals surface area contributed by atoms with E-state index in [-0.39, 0.29) is 0 Å². The molecule has 0 aliphatic heterocycles. The van der Waals surface area contributed by atoms with Gasteiger partial charge in [-0.1, -0.05) is 42.3 Å². The zero-order chi connectivity index (χ0) is 21.0. The van der Waals surface area contributed by atoms with Gasteiger partial charge in [-0.2, -0.15) is 0 Å². The molecule has 148 valence electrons. The molecule has 5 heteroatoms. The van der Waals surface area contributed by atoms with E-state index in [9.17, 15) is 0 Å². The molecule has 0 saturated heterocycles. The highest BCUT2D eigenvalue weighted by Gasteiger charge is 2.14. The highest BCUT2D eigenvalue weighted by atomic mass is 15.1. The lowest BCUT2D eigenvalue weighted by atomic mass is 10.1. The molecule has 0 atom stereocenters. The molecule has 0 saturated carbocycles. The number of rotatable bonds is 3. The number of aromatic nitrogens is 4. The number of pyridine rings is 1. The molecule has 0 amide bonds. The molecule has 0 bridgehead atoms. The number of anilines is 2. The van der Waals surface area contributed by atoms with Crippen LogP contribution in [0.5, 0.6) is 0 Å². The number of hydrogen-bond donors (Lipinski definition) is 1. The van der Waals surface area contributed by atoms with E-state index in [2.05, 4.69) is 27.1 Å². The molecule has 1 N–H and O–H groups in total. The molecule has 2 aromatic carbocycles. The first kappa shape index (κ1) is 18.6. The Balaban J connectivity index is 1.57. The molecule has 5 rings (SSSR count). The number of nitrogens with zero attached hydrogens (tertiary/aromatic N) is 4. The van der Waals surface area contributed by atoms with E-state index < -0.39 is 0 Å². The summed E-state index contributed by atoms with van der Waals surface area (Å²) in [4.78, 5) is 13.5. The van der Waals surface area contributed by atoms with Crippen molar-refractivity contribution in [3.8, 4) is 23.1 Å². The molecule has 0 spiro atoms. The predicted molar refractivity (Wildman–Crippen MR) is 123 cm³/mol. The highest BCUT2D eigenvalue weighted by Crippen LogP contribution is 2.31. The number of hydrogen-bond acceptors (Lipinski definition) is 4. The lowest BCUT2D eigenvalue weighted by molar-refractivity contribution is 1.13. The summed E-state index contributed by atoms with van der Waals surface area (Å²) >= 11 is 0. The molecular formula is C26H19N5. The van der Waals surface area contributed by atoms with Gasteiger partial charge >= 0.3 is 0 Å². The van der Waals surface area contributed by atoms with Crippen molar-refractivity contribution in [1.29, 1.82) is 0 Å². The van der Waals surface area contributed by atoms with E-state index in [1.54, 1.807) is 12.4 Å². The predicted octanol–water partition coefficient (Wildman–Crippen LogP) is 5.24. The summed E-state index contributed by atoms with van der Waals surface area (Å²) in [7, 11) is 0. The van der Waals surface area contributed by atoms with Gasteiger partial charge < -0.3 is 5.32 Å². The van der Waals surface area contributed by atoms with Gasteiger partial charge in [-0.05, 0) is 49.2 Å². The Morgan fingerprint density at radius 2 is 1.74 bits per heavy atom. The Morgan fingerprint density at radius 3 is 2.61 bits per heavy atom. The fraction of sp³-hybridized carbons (Fsp3) is 0.0385. The van der Waals surface area contributed by atoms with Crippen LogP contribution >= 0.6 is 0 Å². The minimum absolute atomic E-state index is 0.760. The second-order valence-corrected chi connectivity index (χ2v) is 7.10. The largest absolute Gasteiger partial charge is 0.339 e. The number of imidazole rings is 1. The zero-order valence-electron chi connectivity index (χ0n) is 16.9. The normalized spacial score (nSPS) is 10.5. The van der Waals surface area contributed by atoms with Gasteiger partial charge in [-0.3, -0.25) is 9.38 Å². The van der Waals surface area contributed by atoms with E-state index in [1.165, 1.54) is 0 Å². The lowest BCUT2D eigenvalue weighted by Crippen LogP contribution is -1.97. The van der Waals surface area contributed by atoms with Gasteiger partial charge in [0.15, 0.2) is 5.65 Å². The van der Waals surface area contributed by atoms with Crippen LogP contribution in [0.4, 0.5) is 11.5 Å². The molecule has 3 heterocycles. The maximum atomic E-state index is 4.83. The smallest absolute Gasteiger partial charge is 0.157 e. The third kappa shape index (κ3) is 4.00. The van der Waals surface area contributed by atoms with Crippen LogP contribution in [0, 0.1) is 18.8 Å². The summed E-state index contributed by atoms with van der Waals surface area (Å²) in [6, 6.07) is 24.0. The molecule has 5 nitrogen and oxygen atoms in total. The van der Waals surface area contributed by atoms with Gasteiger partial charge in [0.1, 0.15) is 17.2 Å². The molecule has 0 radical (unpaired) electrons. The third-order valence-electron chi connectivity index (χ3n) is 4.83. The SMILES string of the molecule is Cc1cccc(C#Cc2cccc(-c3nc4cnccn4c3Nc3ccccc3)c2)n1. The van der Waals surface area contributed by atoms with E-state index in [0.29, 0.717) is 0 Å². The minimum Gasteiger partial charge on any atom is -0.339 e. The van der Waals surface area contributed by atoms with Gasteiger partial charge in [0.05, 0.1) is 6.20 Å². The average molecular weight is 401 g/mol. The number of benzene rings is 2. The van der Waals surface area contributed by atoms with Crippen molar-refractivity contribution in [3.63, 3.8) is 0 Å². The lowest BCUT2D eigenvalue weighted by Gasteiger charge is -2.09. The van der Waals surface area contributed by atoms with E-state index in [1.807, 2.05) is 90.3 Å².